The molecule has 1 amide bonds. The number of hydrogen-bond donors (Lipinski definition) is 3. The van der Waals surface area contributed by atoms with E-state index in [1.807, 2.05) is 0 Å². The van der Waals surface area contributed by atoms with Crippen molar-refractivity contribution in [2.24, 2.45) is 14.1 Å². The molecular weight excluding hydrogens is 469 g/mol. The van der Waals surface area contributed by atoms with Gasteiger partial charge in [-0.15, -0.1) is 24.0 Å². The van der Waals surface area contributed by atoms with Gasteiger partial charge in [0, 0.05) is 35.1 Å². The van der Waals surface area contributed by atoms with Gasteiger partial charge in [-0.3, -0.25) is 18.7 Å². The minimum Gasteiger partial charge on any atom is -0.304 e. The Balaban J connectivity index is 1.77. The summed E-state index contributed by atoms with van der Waals surface area (Å²) in [7, 11) is 2.73. The van der Waals surface area contributed by atoms with Crippen LogP contribution in [0, 0.1) is 5.41 Å². The minimum atomic E-state index is -0.685. The molecule has 0 aliphatic carbocycles. The molecule has 30 heavy (non-hydrogen) atoms. The minimum absolute atomic E-state index is 0.0234. The van der Waals surface area contributed by atoms with Crippen LogP contribution in [0.1, 0.15) is 12.0 Å². The van der Waals surface area contributed by atoms with Crippen LogP contribution in [0.4, 0.5) is 5.13 Å². The third-order valence-electron chi connectivity index (χ3n) is 4.18. The second-order valence-corrected chi connectivity index (χ2v) is 8.46. The summed E-state index contributed by atoms with van der Waals surface area (Å²) < 4.78 is 2.00. The molecule has 156 valence electrons. The van der Waals surface area contributed by atoms with E-state index >= 15 is 0 Å². The number of carbonyl (C=O) groups excluding carboxylic acids is 1. The molecule has 0 atom stereocenters. The lowest BCUT2D eigenvalue weighted by atomic mass is 10.1. The first-order valence-electron chi connectivity index (χ1n) is 8.37. The van der Waals surface area contributed by atoms with Crippen LogP contribution in [0.2, 0.25) is 10.0 Å². The van der Waals surface area contributed by atoms with Crippen molar-refractivity contribution in [3.8, 4) is 11.3 Å². The summed E-state index contributed by atoms with van der Waals surface area (Å²) in [6, 6.07) is 5.01. The van der Waals surface area contributed by atoms with E-state index in [9.17, 15) is 14.4 Å². The molecule has 2 aromatic heterocycles. The van der Waals surface area contributed by atoms with Crippen molar-refractivity contribution in [1.29, 1.82) is 5.41 Å². The van der Waals surface area contributed by atoms with Gasteiger partial charge in [0.15, 0.2) is 5.13 Å². The largest absolute Gasteiger partial charge is 0.331 e. The number of nitrogens with zero attached hydrogens (tertiary/aromatic N) is 3. The van der Waals surface area contributed by atoms with Crippen LogP contribution in [0.25, 0.3) is 11.3 Å². The molecule has 12 heteroatoms. The molecule has 0 aliphatic rings. The molecule has 2 N–H and O–H groups in total. The number of thiazole rings is 1. The molecule has 3 rings (SSSR count). The Labute approximate surface area is 190 Å². The van der Waals surface area contributed by atoms with Crippen LogP contribution in [0.5, 0.6) is 0 Å². The maximum absolute atomic E-state index is 12.4. The second kappa shape index (κ2) is 8.76. The molecule has 0 unspecified atom stereocenters. The fraction of sp³-hybridized carbons (Fsp3) is 0.167. The van der Waals surface area contributed by atoms with Gasteiger partial charge >= 0.3 is 5.69 Å². The van der Waals surface area contributed by atoms with Crippen molar-refractivity contribution >= 4 is 63.9 Å². The molecule has 2 heterocycles. The zero-order valence-electron chi connectivity index (χ0n) is 15.7. The Morgan fingerprint density at radius 3 is 2.47 bits per heavy atom. The summed E-state index contributed by atoms with van der Waals surface area (Å²) in [5.41, 5.74) is -0.332. The number of nitrogens with one attached hydrogen (secondary N) is 2. The molecule has 8 nitrogen and oxygen atoms in total. The molecular formula is C18H15Cl2N5O3S2. The summed E-state index contributed by atoms with van der Waals surface area (Å²) in [6.07, 6.45) is -0.390. The van der Waals surface area contributed by atoms with Gasteiger partial charge in [-0.05, 0) is 18.2 Å². The highest BCUT2D eigenvalue weighted by atomic mass is 35.5. The molecule has 3 aromatic rings. The number of halogens is 2. The first-order chi connectivity index (χ1) is 14.1. The number of carbonyl (C=O) groups is 1. The van der Waals surface area contributed by atoms with Crippen LogP contribution in [-0.2, 0) is 18.9 Å². The molecule has 0 saturated carbocycles. The molecule has 0 spiro atoms. The molecule has 0 bridgehead atoms. The van der Waals surface area contributed by atoms with E-state index in [-0.39, 0.29) is 22.7 Å². The van der Waals surface area contributed by atoms with Gasteiger partial charge in [0.2, 0.25) is 5.91 Å². The smallest absolute Gasteiger partial charge is 0.304 e. The zero-order chi connectivity index (χ0) is 22.2. The van der Waals surface area contributed by atoms with E-state index in [2.05, 4.69) is 22.9 Å². The van der Waals surface area contributed by atoms with Crippen LogP contribution in [0.15, 0.2) is 38.2 Å². The van der Waals surface area contributed by atoms with Crippen molar-refractivity contribution in [3.05, 3.63) is 60.0 Å². The number of rotatable bonds is 5. The molecule has 1 aromatic carbocycles. The van der Waals surface area contributed by atoms with E-state index in [0.717, 1.165) is 9.13 Å². The fourth-order valence-electron chi connectivity index (χ4n) is 2.68. The summed E-state index contributed by atoms with van der Waals surface area (Å²) in [5, 5.41) is 13.8. The Bertz CT molecular complexity index is 1280. The highest BCUT2D eigenvalue weighted by molar-refractivity contribution is 7.80. The first-order valence-corrected chi connectivity index (χ1v) is 10.5. The van der Waals surface area contributed by atoms with Gasteiger partial charge in [-0.25, -0.2) is 9.78 Å². The first kappa shape index (κ1) is 22.3. The van der Waals surface area contributed by atoms with Crippen LogP contribution < -0.4 is 16.6 Å². The normalized spacial score (nSPS) is 10.8. The number of hydrogen-bond acceptors (Lipinski definition) is 7. The standard InChI is InChI=1S/C18H15Cl2N5O3S2/c1-24-15(27)14(16(29)25(2)18(24)28)11(21)6-13(26)23-17-22-12(7-30-17)8-3-9(19)5-10(20)4-8/h3-5,7,21,29H,6H2,1-2H3,(H,22,23,26). The lowest BCUT2D eigenvalue weighted by Crippen LogP contribution is -2.41. The van der Waals surface area contributed by atoms with Crippen LogP contribution in [-0.4, -0.2) is 25.7 Å². The average Bonchev–Trinajstić information content (AvgIpc) is 3.12. The van der Waals surface area contributed by atoms with Gasteiger partial charge in [-0.1, -0.05) is 23.2 Å². The monoisotopic (exact) mass is 483 g/mol. The SMILES string of the molecule is Cn1c(S)c(C(=N)CC(=O)Nc2nc(-c3cc(Cl)cc(Cl)c3)cs2)c(=O)n(C)c1=O. The summed E-state index contributed by atoms with van der Waals surface area (Å²) >= 11 is 17.4. The Kier molecular flexibility index (Phi) is 6.51. The van der Waals surface area contributed by atoms with Crippen molar-refractivity contribution in [1.82, 2.24) is 14.1 Å². The summed E-state index contributed by atoms with van der Waals surface area (Å²) in [5.74, 6) is -0.534. The van der Waals surface area contributed by atoms with Gasteiger partial charge in [0.25, 0.3) is 5.56 Å². The highest BCUT2D eigenvalue weighted by Gasteiger charge is 2.20. The maximum atomic E-state index is 12.4. The fourth-order valence-corrected chi connectivity index (χ4v) is 4.25. The number of aromatic nitrogens is 3. The Morgan fingerprint density at radius 1 is 1.20 bits per heavy atom. The van der Waals surface area contributed by atoms with Gasteiger partial charge in [0.1, 0.15) is 0 Å². The van der Waals surface area contributed by atoms with Gasteiger partial charge < -0.3 is 10.7 Å². The Hall–Kier alpha value is -2.40. The number of benzene rings is 1. The van der Waals surface area contributed by atoms with Crippen molar-refractivity contribution in [3.63, 3.8) is 0 Å². The molecule has 0 saturated heterocycles. The Morgan fingerprint density at radius 2 is 1.83 bits per heavy atom. The van der Waals surface area contributed by atoms with E-state index in [4.69, 9.17) is 28.6 Å². The van der Waals surface area contributed by atoms with Gasteiger partial charge in [-0.2, -0.15) is 0 Å². The van der Waals surface area contributed by atoms with Crippen molar-refractivity contribution in [2.75, 3.05) is 5.32 Å². The zero-order valence-corrected chi connectivity index (χ0v) is 18.9. The molecule has 0 fully saturated rings. The quantitative estimate of drug-likeness (QED) is 0.294. The van der Waals surface area contributed by atoms with Crippen molar-refractivity contribution in [2.45, 2.75) is 11.4 Å². The lowest BCUT2D eigenvalue weighted by molar-refractivity contribution is -0.115. The predicted octanol–water partition coefficient (Wildman–Crippen LogP) is 3.20. The van der Waals surface area contributed by atoms with Crippen LogP contribution in [0.3, 0.4) is 0 Å². The van der Waals surface area contributed by atoms with E-state index in [0.29, 0.717) is 26.4 Å². The molecule has 0 aliphatic heterocycles. The van der Waals surface area contributed by atoms with E-state index < -0.39 is 17.2 Å². The number of thiol groups is 1. The topological polar surface area (TPSA) is 110 Å². The average molecular weight is 484 g/mol. The summed E-state index contributed by atoms with van der Waals surface area (Å²) in [4.78, 5) is 41.0. The maximum Gasteiger partial charge on any atom is 0.331 e. The third-order valence-corrected chi connectivity index (χ3v) is 5.90. The van der Waals surface area contributed by atoms with E-state index in [1.165, 1.54) is 25.4 Å². The van der Waals surface area contributed by atoms with Crippen LogP contribution >= 0.6 is 47.2 Å². The lowest BCUT2D eigenvalue weighted by Gasteiger charge is -2.11. The summed E-state index contributed by atoms with van der Waals surface area (Å²) in [6.45, 7) is 0. The second-order valence-electron chi connectivity index (χ2n) is 6.30. The number of anilines is 1. The van der Waals surface area contributed by atoms with Gasteiger partial charge in [0.05, 0.1) is 28.4 Å². The predicted molar refractivity (Wildman–Crippen MR) is 122 cm³/mol. The van der Waals surface area contributed by atoms with E-state index in [1.54, 1.807) is 23.6 Å². The highest BCUT2D eigenvalue weighted by Crippen LogP contribution is 2.29. The molecule has 0 radical (unpaired) electrons. The third kappa shape index (κ3) is 4.51. The van der Waals surface area contributed by atoms with Crippen molar-refractivity contribution < 1.29 is 4.79 Å². The number of amides is 1.